The second-order valence-corrected chi connectivity index (χ2v) is 6.23. The van der Waals surface area contributed by atoms with E-state index in [2.05, 4.69) is 20.5 Å². The highest BCUT2D eigenvalue weighted by Gasteiger charge is 2.07. The molecule has 0 radical (unpaired) electrons. The molecule has 0 spiro atoms. The molecule has 0 atom stereocenters. The summed E-state index contributed by atoms with van der Waals surface area (Å²) >= 11 is 6.11. The molecule has 0 bridgehead atoms. The monoisotopic (exact) mass is 362 g/mol. The van der Waals surface area contributed by atoms with Crippen LogP contribution in [-0.2, 0) is 0 Å². The lowest BCUT2D eigenvalue weighted by atomic mass is 10.2. The first kappa shape index (κ1) is 19.0. The van der Waals surface area contributed by atoms with Crippen LogP contribution in [0.5, 0.6) is 5.75 Å². The van der Waals surface area contributed by atoms with Crippen LogP contribution in [0.1, 0.15) is 16.9 Å². The number of methoxy groups -OCH3 is 1. The second-order valence-electron chi connectivity index (χ2n) is 5.82. The van der Waals surface area contributed by atoms with Crippen molar-refractivity contribution in [1.82, 2.24) is 15.2 Å². The van der Waals surface area contributed by atoms with Crippen molar-refractivity contribution in [1.29, 1.82) is 0 Å². The van der Waals surface area contributed by atoms with E-state index in [9.17, 15) is 4.79 Å². The predicted molar refractivity (Wildman–Crippen MR) is 101 cm³/mol. The van der Waals surface area contributed by atoms with Gasteiger partial charge in [-0.3, -0.25) is 4.79 Å². The molecule has 0 aliphatic heterocycles. The molecule has 2 aromatic rings. The summed E-state index contributed by atoms with van der Waals surface area (Å²) in [6.07, 6.45) is 2.52. The Morgan fingerprint density at radius 3 is 2.60 bits per heavy atom. The van der Waals surface area contributed by atoms with E-state index in [1.165, 1.54) is 0 Å². The lowest BCUT2D eigenvalue weighted by Crippen LogP contribution is -2.27. The third-order valence-corrected chi connectivity index (χ3v) is 3.80. The topological polar surface area (TPSA) is 66.5 Å². The van der Waals surface area contributed by atoms with Crippen molar-refractivity contribution < 1.29 is 9.53 Å². The van der Waals surface area contributed by atoms with E-state index in [0.717, 1.165) is 24.3 Å². The number of anilines is 2. The van der Waals surface area contributed by atoms with Gasteiger partial charge < -0.3 is 20.3 Å². The summed E-state index contributed by atoms with van der Waals surface area (Å²) < 4.78 is 5.13. The van der Waals surface area contributed by atoms with Crippen LogP contribution >= 0.6 is 11.6 Å². The number of nitrogens with one attached hydrogen (secondary N) is 2. The maximum Gasteiger partial charge on any atom is 0.269 e. The Kier molecular flexibility index (Phi) is 7.03. The Labute approximate surface area is 153 Å². The molecule has 0 aliphatic carbocycles. The van der Waals surface area contributed by atoms with Gasteiger partial charge in [0.15, 0.2) is 0 Å². The van der Waals surface area contributed by atoms with Gasteiger partial charge in [-0.25, -0.2) is 4.98 Å². The maximum absolute atomic E-state index is 12.0. The van der Waals surface area contributed by atoms with Crippen LogP contribution in [0.2, 0.25) is 5.02 Å². The van der Waals surface area contributed by atoms with Gasteiger partial charge in [-0.15, -0.1) is 0 Å². The number of carbonyl (C=O) groups is 1. The summed E-state index contributed by atoms with van der Waals surface area (Å²) in [7, 11) is 5.58. The van der Waals surface area contributed by atoms with Crippen molar-refractivity contribution in [3.63, 3.8) is 0 Å². The van der Waals surface area contributed by atoms with Crippen LogP contribution in [0.4, 0.5) is 11.4 Å². The van der Waals surface area contributed by atoms with Crippen molar-refractivity contribution in [2.75, 3.05) is 39.6 Å². The number of rotatable bonds is 8. The Morgan fingerprint density at radius 2 is 2.00 bits per heavy atom. The highest BCUT2D eigenvalue weighted by atomic mass is 35.5. The van der Waals surface area contributed by atoms with E-state index < -0.39 is 0 Å². The molecule has 0 unspecified atom stereocenters. The number of hydrogen-bond donors (Lipinski definition) is 2. The lowest BCUT2D eigenvalue weighted by molar-refractivity contribution is 0.0947. The second kappa shape index (κ2) is 9.25. The SMILES string of the molecule is COc1ccc(Nc2ccc(C(=O)NCCCN(C)C)nc2)cc1Cl. The number of carbonyl (C=O) groups excluding carboxylic acids is 1. The molecule has 1 heterocycles. The van der Waals surface area contributed by atoms with Gasteiger partial charge in [-0.05, 0) is 57.4 Å². The fourth-order valence-corrected chi connectivity index (χ4v) is 2.46. The number of pyridine rings is 1. The van der Waals surface area contributed by atoms with Crippen molar-refractivity contribution >= 4 is 28.9 Å². The number of ether oxygens (including phenoxy) is 1. The fourth-order valence-electron chi connectivity index (χ4n) is 2.20. The van der Waals surface area contributed by atoms with Crippen molar-refractivity contribution in [3.05, 3.63) is 47.2 Å². The standard InChI is InChI=1S/C18H23ClN4O2/c1-23(2)10-4-9-20-18(24)16-7-5-14(12-21-16)22-13-6-8-17(25-3)15(19)11-13/h5-8,11-12,22H,4,9-10H2,1-3H3,(H,20,24). The van der Waals surface area contributed by atoms with Gasteiger partial charge in [0.05, 0.1) is 24.0 Å². The summed E-state index contributed by atoms with van der Waals surface area (Å²) in [5.41, 5.74) is 1.97. The van der Waals surface area contributed by atoms with Crippen LogP contribution in [-0.4, -0.2) is 50.1 Å². The largest absolute Gasteiger partial charge is 0.495 e. The molecule has 134 valence electrons. The highest BCUT2D eigenvalue weighted by molar-refractivity contribution is 6.32. The van der Waals surface area contributed by atoms with Gasteiger partial charge in [0.25, 0.3) is 5.91 Å². The molecule has 1 amide bonds. The molecule has 0 fully saturated rings. The molecular formula is C18H23ClN4O2. The minimum atomic E-state index is -0.169. The van der Waals surface area contributed by atoms with Gasteiger partial charge in [-0.2, -0.15) is 0 Å². The zero-order valence-electron chi connectivity index (χ0n) is 14.7. The average Bonchev–Trinajstić information content (AvgIpc) is 2.59. The van der Waals surface area contributed by atoms with Crippen molar-refractivity contribution in [2.45, 2.75) is 6.42 Å². The molecule has 6 nitrogen and oxygen atoms in total. The summed E-state index contributed by atoms with van der Waals surface area (Å²) in [5, 5.41) is 6.57. The third kappa shape index (κ3) is 5.92. The van der Waals surface area contributed by atoms with E-state index in [-0.39, 0.29) is 5.91 Å². The molecule has 0 saturated heterocycles. The number of halogens is 1. The molecule has 0 saturated carbocycles. The number of amides is 1. The minimum Gasteiger partial charge on any atom is -0.495 e. The predicted octanol–water partition coefficient (Wildman–Crippen LogP) is 3.17. The van der Waals surface area contributed by atoms with Crippen molar-refractivity contribution in [3.8, 4) is 5.75 Å². The highest BCUT2D eigenvalue weighted by Crippen LogP contribution is 2.28. The van der Waals surface area contributed by atoms with Gasteiger partial charge in [-0.1, -0.05) is 11.6 Å². The number of hydrogen-bond acceptors (Lipinski definition) is 5. The maximum atomic E-state index is 12.0. The Balaban J connectivity index is 1.91. The van der Waals surface area contributed by atoms with E-state index in [4.69, 9.17) is 16.3 Å². The molecule has 0 aliphatic rings. The van der Waals surface area contributed by atoms with Gasteiger partial charge in [0, 0.05) is 12.2 Å². The van der Waals surface area contributed by atoms with E-state index in [1.54, 1.807) is 37.6 Å². The summed E-state index contributed by atoms with van der Waals surface area (Å²) in [5.74, 6) is 0.449. The third-order valence-electron chi connectivity index (χ3n) is 3.50. The van der Waals surface area contributed by atoms with Crippen LogP contribution in [0.15, 0.2) is 36.5 Å². The van der Waals surface area contributed by atoms with Crippen LogP contribution in [0.3, 0.4) is 0 Å². The zero-order chi connectivity index (χ0) is 18.2. The lowest BCUT2D eigenvalue weighted by Gasteiger charge is -2.10. The number of benzene rings is 1. The Morgan fingerprint density at radius 1 is 1.24 bits per heavy atom. The quantitative estimate of drug-likeness (QED) is 0.706. The average molecular weight is 363 g/mol. The smallest absolute Gasteiger partial charge is 0.269 e. The first-order chi connectivity index (χ1) is 12.0. The van der Waals surface area contributed by atoms with E-state index in [0.29, 0.717) is 23.0 Å². The van der Waals surface area contributed by atoms with Crippen molar-refractivity contribution in [2.24, 2.45) is 0 Å². The summed E-state index contributed by atoms with van der Waals surface area (Å²) in [6.45, 7) is 1.56. The molecule has 7 heteroatoms. The van der Waals surface area contributed by atoms with Crippen LogP contribution in [0, 0.1) is 0 Å². The van der Waals surface area contributed by atoms with Crippen LogP contribution in [0.25, 0.3) is 0 Å². The minimum absolute atomic E-state index is 0.169. The van der Waals surface area contributed by atoms with E-state index >= 15 is 0 Å². The first-order valence-electron chi connectivity index (χ1n) is 7.99. The van der Waals surface area contributed by atoms with Crippen LogP contribution < -0.4 is 15.4 Å². The van der Waals surface area contributed by atoms with Gasteiger partial charge >= 0.3 is 0 Å². The summed E-state index contributed by atoms with van der Waals surface area (Å²) in [4.78, 5) is 18.3. The Bertz CT molecular complexity index is 705. The molecule has 2 rings (SSSR count). The normalized spacial score (nSPS) is 10.6. The van der Waals surface area contributed by atoms with E-state index in [1.807, 2.05) is 20.2 Å². The Hall–Kier alpha value is -2.31. The molecule has 1 aromatic heterocycles. The molecule has 25 heavy (non-hydrogen) atoms. The molecular weight excluding hydrogens is 340 g/mol. The summed E-state index contributed by atoms with van der Waals surface area (Å²) in [6, 6.07) is 8.91. The molecule has 1 aromatic carbocycles. The number of nitrogens with zero attached hydrogens (tertiary/aromatic N) is 2. The first-order valence-corrected chi connectivity index (χ1v) is 8.37. The van der Waals surface area contributed by atoms with Gasteiger partial charge in [0.2, 0.25) is 0 Å². The molecule has 2 N–H and O–H groups in total. The number of aromatic nitrogens is 1. The zero-order valence-corrected chi connectivity index (χ0v) is 15.4. The van der Waals surface area contributed by atoms with Gasteiger partial charge in [0.1, 0.15) is 11.4 Å². The fraction of sp³-hybridized carbons (Fsp3) is 0.333.